The van der Waals surface area contributed by atoms with Crippen molar-refractivity contribution < 1.29 is 0 Å². The largest absolute Gasteiger partial charge is 0.376 e. The number of aromatic nitrogens is 4. The summed E-state index contributed by atoms with van der Waals surface area (Å²) < 4.78 is 0. The van der Waals surface area contributed by atoms with Crippen LogP contribution < -0.4 is 5.32 Å². The monoisotopic (exact) mass is 209 g/mol. The Morgan fingerprint density at radius 3 is 3.14 bits per heavy atom. The van der Waals surface area contributed by atoms with Crippen LogP contribution in [0.5, 0.6) is 0 Å². The molecule has 0 amide bonds. The van der Waals surface area contributed by atoms with Gasteiger partial charge in [0.2, 0.25) is 0 Å². The summed E-state index contributed by atoms with van der Waals surface area (Å²) in [4.78, 5) is 7.86. The van der Waals surface area contributed by atoms with Crippen LogP contribution >= 0.6 is 11.6 Å². The first-order chi connectivity index (χ1) is 6.86. The van der Waals surface area contributed by atoms with Crippen LogP contribution in [0.15, 0.2) is 24.8 Å². The Bertz CT molecular complexity index is 400. The Balaban J connectivity index is 2.02. The highest BCUT2D eigenvalue weighted by Crippen LogP contribution is 2.19. The second-order valence-corrected chi connectivity index (χ2v) is 3.05. The van der Waals surface area contributed by atoms with E-state index in [1.54, 1.807) is 18.5 Å². The zero-order valence-electron chi connectivity index (χ0n) is 7.24. The van der Waals surface area contributed by atoms with Gasteiger partial charge < -0.3 is 5.32 Å². The first kappa shape index (κ1) is 8.96. The second-order valence-electron chi connectivity index (χ2n) is 2.64. The molecule has 5 nitrogen and oxygen atoms in total. The fraction of sp³-hybridized carbons (Fsp3) is 0.125. The highest BCUT2D eigenvalue weighted by Gasteiger charge is 1.99. The normalized spacial score (nSPS) is 10.1. The van der Waals surface area contributed by atoms with Crippen LogP contribution in [0, 0.1) is 0 Å². The lowest BCUT2D eigenvalue weighted by molar-refractivity contribution is 0.954. The van der Waals surface area contributed by atoms with E-state index in [1.165, 1.54) is 6.33 Å². The van der Waals surface area contributed by atoms with Gasteiger partial charge in [0.1, 0.15) is 12.2 Å². The smallest absolute Gasteiger partial charge is 0.143 e. The number of nitrogens with zero attached hydrogens (tertiary/aromatic N) is 3. The Hall–Kier alpha value is -1.62. The lowest BCUT2D eigenvalue weighted by Gasteiger charge is -2.04. The number of hydrogen-bond acceptors (Lipinski definition) is 4. The molecule has 0 atom stereocenters. The molecule has 2 N–H and O–H groups in total. The quantitative estimate of drug-likeness (QED) is 0.804. The minimum absolute atomic E-state index is 0.559. The molecule has 6 heteroatoms. The average molecular weight is 210 g/mol. The molecule has 0 saturated carbocycles. The molecule has 0 spiro atoms. The van der Waals surface area contributed by atoms with E-state index in [0.29, 0.717) is 11.6 Å². The Morgan fingerprint density at radius 2 is 2.43 bits per heavy atom. The zero-order valence-corrected chi connectivity index (χ0v) is 7.99. The second kappa shape index (κ2) is 4.06. The zero-order chi connectivity index (χ0) is 9.80. The molecule has 0 aliphatic rings. The molecule has 72 valence electrons. The average Bonchev–Trinajstić information content (AvgIpc) is 2.69. The first-order valence-corrected chi connectivity index (χ1v) is 4.41. The third-order valence-corrected chi connectivity index (χ3v) is 1.98. The van der Waals surface area contributed by atoms with E-state index in [-0.39, 0.29) is 0 Å². The molecular formula is C8H8ClN5. The fourth-order valence-electron chi connectivity index (χ4n) is 1.01. The molecule has 2 rings (SSSR count). The van der Waals surface area contributed by atoms with E-state index >= 15 is 0 Å². The predicted octanol–water partition coefficient (Wildman–Crippen LogP) is 1.47. The van der Waals surface area contributed by atoms with Gasteiger partial charge in [-0.2, -0.15) is 5.10 Å². The maximum atomic E-state index is 5.89. The molecule has 0 aromatic carbocycles. The third-order valence-electron chi connectivity index (χ3n) is 1.68. The summed E-state index contributed by atoms with van der Waals surface area (Å²) in [5.41, 5.74) is 0.832. The Morgan fingerprint density at radius 1 is 1.50 bits per heavy atom. The van der Waals surface area contributed by atoms with Gasteiger partial charge in [-0.05, 0) is 6.07 Å². The van der Waals surface area contributed by atoms with Crippen LogP contribution in [0.25, 0.3) is 0 Å². The van der Waals surface area contributed by atoms with Gasteiger partial charge in [-0.3, -0.25) is 10.1 Å². The summed E-state index contributed by atoms with van der Waals surface area (Å²) >= 11 is 5.89. The van der Waals surface area contributed by atoms with Crippen LogP contribution in [-0.2, 0) is 6.54 Å². The van der Waals surface area contributed by atoms with Gasteiger partial charge >= 0.3 is 0 Å². The molecule has 2 heterocycles. The SMILES string of the molecule is Clc1cnccc1NCc1ncn[nH]1. The molecule has 2 aromatic rings. The topological polar surface area (TPSA) is 66.5 Å². The Kier molecular flexibility index (Phi) is 2.60. The minimum atomic E-state index is 0.559. The van der Waals surface area contributed by atoms with Gasteiger partial charge in [-0.15, -0.1) is 0 Å². The van der Waals surface area contributed by atoms with Crippen LogP contribution in [0.2, 0.25) is 5.02 Å². The van der Waals surface area contributed by atoms with Gasteiger partial charge in [0.05, 0.1) is 17.3 Å². The van der Waals surface area contributed by atoms with Crippen molar-refractivity contribution in [3.8, 4) is 0 Å². The molecule has 0 radical (unpaired) electrons. The van der Waals surface area contributed by atoms with Crippen molar-refractivity contribution in [2.24, 2.45) is 0 Å². The van der Waals surface area contributed by atoms with Crippen molar-refractivity contribution in [1.29, 1.82) is 0 Å². The number of rotatable bonds is 3. The van der Waals surface area contributed by atoms with E-state index in [4.69, 9.17) is 11.6 Å². The van der Waals surface area contributed by atoms with E-state index in [9.17, 15) is 0 Å². The van der Waals surface area contributed by atoms with E-state index in [2.05, 4.69) is 25.5 Å². The van der Waals surface area contributed by atoms with Gasteiger partial charge in [0.25, 0.3) is 0 Å². The lowest BCUT2D eigenvalue weighted by atomic mass is 10.4. The number of anilines is 1. The van der Waals surface area contributed by atoms with Gasteiger partial charge in [-0.25, -0.2) is 4.98 Å². The fourth-order valence-corrected chi connectivity index (χ4v) is 1.20. The third kappa shape index (κ3) is 2.00. The molecule has 0 fully saturated rings. The lowest BCUT2D eigenvalue weighted by Crippen LogP contribution is -2.01. The Labute approximate surface area is 85.5 Å². The summed E-state index contributed by atoms with van der Waals surface area (Å²) in [7, 11) is 0. The van der Waals surface area contributed by atoms with E-state index < -0.39 is 0 Å². The number of halogens is 1. The van der Waals surface area contributed by atoms with Crippen LogP contribution in [0.4, 0.5) is 5.69 Å². The summed E-state index contributed by atoms with van der Waals surface area (Å²) in [6, 6.07) is 1.80. The number of nitrogens with one attached hydrogen (secondary N) is 2. The number of pyridine rings is 1. The molecule has 0 bridgehead atoms. The molecule has 0 saturated heterocycles. The standard InChI is InChI=1S/C8H8ClN5/c9-6-3-10-2-1-7(6)11-4-8-12-5-13-14-8/h1-3,5H,4H2,(H,10,11)(H,12,13,14). The van der Waals surface area contributed by atoms with E-state index in [0.717, 1.165) is 11.5 Å². The first-order valence-electron chi connectivity index (χ1n) is 4.04. The molecule has 14 heavy (non-hydrogen) atoms. The number of hydrogen-bond donors (Lipinski definition) is 2. The highest BCUT2D eigenvalue weighted by atomic mass is 35.5. The molecule has 0 aliphatic heterocycles. The van der Waals surface area contributed by atoms with Gasteiger partial charge in [-0.1, -0.05) is 11.6 Å². The number of aromatic amines is 1. The van der Waals surface area contributed by atoms with Crippen molar-refractivity contribution in [3.05, 3.63) is 35.6 Å². The molecular weight excluding hydrogens is 202 g/mol. The maximum absolute atomic E-state index is 5.89. The molecule has 2 aromatic heterocycles. The van der Waals surface area contributed by atoms with Crippen molar-refractivity contribution in [2.45, 2.75) is 6.54 Å². The van der Waals surface area contributed by atoms with Crippen molar-refractivity contribution in [3.63, 3.8) is 0 Å². The summed E-state index contributed by atoms with van der Waals surface area (Å²) in [5, 5.41) is 10.2. The van der Waals surface area contributed by atoms with Crippen molar-refractivity contribution >= 4 is 17.3 Å². The minimum Gasteiger partial charge on any atom is -0.376 e. The maximum Gasteiger partial charge on any atom is 0.143 e. The van der Waals surface area contributed by atoms with Gasteiger partial charge in [0.15, 0.2) is 0 Å². The summed E-state index contributed by atoms with van der Waals surface area (Å²) in [5.74, 6) is 0.762. The summed E-state index contributed by atoms with van der Waals surface area (Å²) in [6.07, 6.45) is 4.73. The predicted molar refractivity (Wildman–Crippen MR) is 53.0 cm³/mol. The highest BCUT2D eigenvalue weighted by molar-refractivity contribution is 6.33. The van der Waals surface area contributed by atoms with Crippen molar-refractivity contribution in [2.75, 3.05) is 5.32 Å². The number of H-pyrrole nitrogens is 1. The van der Waals surface area contributed by atoms with Gasteiger partial charge in [0, 0.05) is 12.4 Å². The van der Waals surface area contributed by atoms with E-state index in [1.807, 2.05) is 0 Å². The summed E-state index contributed by atoms with van der Waals surface area (Å²) in [6.45, 7) is 0.559. The van der Waals surface area contributed by atoms with Crippen LogP contribution in [-0.4, -0.2) is 20.2 Å². The molecule has 0 unspecified atom stereocenters. The molecule has 0 aliphatic carbocycles. The van der Waals surface area contributed by atoms with Crippen LogP contribution in [0.1, 0.15) is 5.82 Å². The van der Waals surface area contributed by atoms with Crippen molar-refractivity contribution in [1.82, 2.24) is 20.2 Å². The van der Waals surface area contributed by atoms with Crippen LogP contribution in [0.3, 0.4) is 0 Å².